The van der Waals surface area contributed by atoms with Crippen molar-refractivity contribution in [2.75, 3.05) is 0 Å². The molecule has 0 saturated heterocycles. The zero-order valence-electron chi connectivity index (χ0n) is 4.57. The quantitative estimate of drug-likeness (QED) is 0.484. The van der Waals surface area contributed by atoms with E-state index < -0.39 is 0 Å². The first kappa shape index (κ1) is 7.41. The van der Waals surface area contributed by atoms with Crippen LogP contribution in [0.15, 0.2) is 18.2 Å². The molecule has 0 unspecified atom stereocenters. The summed E-state index contributed by atoms with van der Waals surface area (Å²) in [7, 11) is 5.48. The summed E-state index contributed by atoms with van der Waals surface area (Å²) in [6, 6.07) is 5.54. The second-order valence-electron chi connectivity index (χ2n) is 1.67. The molecule has 0 heterocycles. The molecule has 2 radical (unpaired) electrons. The summed E-state index contributed by atoms with van der Waals surface area (Å²) in [5.41, 5.74) is 0.642. The highest BCUT2D eigenvalue weighted by Crippen LogP contribution is 2.07. The van der Waals surface area contributed by atoms with Gasteiger partial charge in [0.1, 0.15) is 7.85 Å². The van der Waals surface area contributed by atoms with Gasteiger partial charge in [-0.05, 0) is 34.7 Å². The van der Waals surface area contributed by atoms with Crippen LogP contribution in [-0.2, 0) is 0 Å². The van der Waals surface area contributed by atoms with Crippen molar-refractivity contribution in [1.29, 1.82) is 0 Å². The van der Waals surface area contributed by atoms with Gasteiger partial charge in [-0.2, -0.15) is 0 Å². The molecule has 0 aliphatic carbocycles. The summed E-state index contributed by atoms with van der Waals surface area (Å²) >= 11 is 7.84. The lowest BCUT2D eigenvalue weighted by Crippen LogP contribution is -2.03. The fourth-order valence-corrected chi connectivity index (χ4v) is 1.15. The maximum atomic E-state index is 5.65. The summed E-state index contributed by atoms with van der Waals surface area (Å²) in [6.07, 6.45) is 0. The molecule has 0 aliphatic rings. The van der Waals surface area contributed by atoms with Gasteiger partial charge in [0.15, 0.2) is 0 Å². The van der Waals surface area contributed by atoms with Crippen molar-refractivity contribution < 1.29 is 0 Å². The van der Waals surface area contributed by atoms with E-state index >= 15 is 0 Å². The van der Waals surface area contributed by atoms with E-state index in [1.807, 2.05) is 12.1 Å². The highest BCUT2D eigenvalue weighted by molar-refractivity contribution is 14.1. The Morgan fingerprint density at radius 3 is 2.56 bits per heavy atom. The van der Waals surface area contributed by atoms with Crippen LogP contribution in [0.4, 0.5) is 0 Å². The normalized spacial score (nSPS) is 9.56. The lowest BCUT2D eigenvalue weighted by Gasteiger charge is -1.95. The van der Waals surface area contributed by atoms with Gasteiger partial charge in [0, 0.05) is 8.59 Å². The van der Waals surface area contributed by atoms with E-state index in [4.69, 9.17) is 19.4 Å². The zero-order valence-corrected chi connectivity index (χ0v) is 7.48. The van der Waals surface area contributed by atoms with Crippen LogP contribution in [0.25, 0.3) is 0 Å². The first-order chi connectivity index (χ1) is 4.20. The molecule has 3 heteroatoms. The molecule has 1 rings (SSSR count). The summed E-state index contributed by atoms with van der Waals surface area (Å²) < 4.78 is 1.11. The maximum Gasteiger partial charge on any atom is 0.115 e. The number of halogens is 2. The molecule has 1 aromatic rings. The lowest BCUT2D eigenvalue weighted by atomic mass is 9.97. The van der Waals surface area contributed by atoms with Crippen LogP contribution in [0.5, 0.6) is 0 Å². The van der Waals surface area contributed by atoms with Crippen molar-refractivity contribution in [2.24, 2.45) is 0 Å². The van der Waals surface area contributed by atoms with E-state index in [2.05, 4.69) is 22.6 Å². The SMILES string of the molecule is [B]c1cc(I)ccc1Cl. The first-order valence-corrected chi connectivity index (χ1v) is 3.86. The second kappa shape index (κ2) is 2.93. The third-order valence-electron chi connectivity index (χ3n) is 0.958. The second-order valence-corrected chi connectivity index (χ2v) is 3.32. The van der Waals surface area contributed by atoms with Crippen LogP contribution in [0.1, 0.15) is 0 Å². The summed E-state index contributed by atoms with van der Waals surface area (Å²) in [6.45, 7) is 0. The average molecular weight is 248 g/mol. The van der Waals surface area contributed by atoms with Crippen molar-refractivity contribution in [2.45, 2.75) is 0 Å². The Kier molecular flexibility index (Phi) is 2.41. The van der Waals surface area contributed by atoms with Crippen molar-refractivity contribution in [1.82, 2.24) is 0 Å². The van der Waals surface area contributed by atoms with E-state index in [1.54, 1.807) is 6.07 Å². The smallest absolute Gasteiger partial charge is 0.0850 e. The molecule has 0 nitrogen and oxygen atoms in total. The van der Waals surface area contributed by atoms with Crippen LogP contribution in [0.2, 0.25) is 5.02 Å². The predicted molar refractivity (Wildman–Crippen MR) is 49.6 cm³/mol. The number of hydrogen-bond donors (Lipinski definition) is 0. The molecule has 1 aromatic carbocycles. The zero-order chi connectivity index (χ0) is 6.85. The number of rotatable bonds is 0. The summed E-state index contributed by atoms with van der Waals surface area (Å²) in [4.78, 5) is 0. The minimum Gasteiger partial charge on any atom is -0.0850 e. The van der Waals surface area contributed by atoms with E-state index in [9.17, 15) is 0 Å². The molecule has 9 heavy (non-hydrogen) atoms. The third kappa shape index (κ3) is 1.86. The van der Waals surface area contributed by atoms with Gasteiger partial charge in [-0.3, -0.25) is 0 Å². The van der Waals surface area contributed by atoms with Crippen LogP contribution in [0, 0.1) is 3.57 Å². The monoisotopic (exact) mass is 248 g/mol. The average Bonchev–Trinajstić information content (AvgIpc) is 1.80. The molecule has 0 aromatic heterocycles. The van der Waals surface area contributed by atoms with Gasteiger partial charge in [-0.1, -0.05) is 23.1 Å². The van der Waals surface area contributed by atoms with Crippen LogP contribution in [0.3, 0.4) is 0 Å². The van der Waals surface area contributed by atoms with Gasteiger partial charge in [-0.15, -0.1) is 0 Å². The van der Waals surface area contributed by atoms with Gasteiger partial charge in [0.25, 0.3) is 0 Å². The Morgan fingerprint density at radius 1 is 1.44 bits per heavy atom. The summed E-state index contributed by atoms with van der Waals surface area (Å²) in [5, 5.41) is 0.621. The minimum absolute atomic E-state index is 0.621. The Balaban J connectivity index is 3.17. The molecule has 0 aliphatic heterocycles. The highest BCUT2D eigenvalue weighted by atomic mass is 127. The van der Waals surface area contributed by atoms with Crippen molar-refractivity contribution in [3.8, 4) is 0 Å². The predicted octanol–water partition coefficient (Wildman–Crippen LogP) is 1.74. The van der Waals surface area contributed by atoms with Crippen LogP contribution < -0.4 is 5.46 Å². The standard InChI is InChI=1S/C6H3BClI/c7-5-3-4(9)1-2-6(5)8/h1-3H. The van der Waals surface area contributed by atoms with Crippen molar-refractivity contribution >= 4 is 47.5 Å². The molecule has 0 atom stereocenters. The third-order valence-corrected chi connectivity index (χ3v) is 1.97. The topological polar surface area (TPSA) is 0 Å². The van der Waals surface area contributed by atoms with E-state index in [1.165, 1.54) is 0 Å². The van der Waals surface area contributed by atoms with Gasteiger partial charge >= 0.3 is 0 Å². The van der Waals surface area contributed by atoms with Crippen molar-refractivity contribution in [3.63, 3.8) is 0 Å². The highest BCUT2D eigenvalue weighted by Gasteiger charge is 1.91. The molecule has 0 saturated carbocycles. The van der Waals surface area contributed by atoms with Crippen LogP contribution in [-0.4, -0.2) is 7.85 Å². The van der Waals surface area contributed by atoms with Gasteiger partial charge in [0.2, 0.25) is 0 Å². The Hall–Kier alpha value is 0.305. The molecule has 0 N–H and O–H groups in total. The Morgan fingerprint density at radius 2 is 2.11 bits per heavy atom. The molecular weight excluding hydrogens is 245 g/mol. The van der Waals surface area contributed by atoms with E-state index in [0.29, 0.717) is 10.5 Å². The van der Waals surface area contributed by atoms with Gasteiger partial charge < -0.3 is 0 Å². The molecule has 44 valence electrons. The fraction of sp³-hybridized carbons (Fsp3) is 0. The molecule has 0 spiro atoms. The largest absolute Gasteiger partial charge is 0.115 e. The minimum atomic E-state index is 0.621. The van der Waals surface area contributed by atoms with Crippen LogP contribution >= 0.6 is 34.2 Å². The molecule has 0 fully saturated rings. The van der Waals surface area contributed by atoms with Gasteiger partial charge in [-0.25, -0.2) is 0 Å². The summed E-state index contributed by atoms with van der Waals surface area (Å²) in [5.74, 6) is 0. The lowest BCUT2D eigenvalue weighted by molar-refractivity contribution is 1.70. The maximum absolute atomic E-state index is 5.65. The Labute approximate surface area is 74.1 Å². The number of hydrogen-bond acceptors (Lipinski definition) is 0. The molecule has 0 amide bonds. The first-order valence-electron chi connectivity index (χ1n) is 2.40. The molecular formula is C6H3BClI. The molecule has 0 bridgehead atoms. The Bertz CT molecular complexity index is 224. The fourth-order valence-electron chi connectivity index (χ4n) is 0.515. The van der Waals surface area contributed by atoms with E-state index in [0.717, 1.165) is 3.57 Å². The number of benzene rings is 1. The van der Waals surface area contributed by atoms with E-state index in [-0.39, 0.29) is 0 Å². The van der Waals surface area contributed by atoms with Gasteiger partial charge in [0.05, 0.1) is 0 Å². The van der Waals surface area contributed by atoms with Crippen molar-refractivity contribution in [3.05, 3.63) is 26.8 Å².